The van der Waals surface area contributed by atoms with Gasteiger partial charge in [0, 0.05) is 5.54 Å². The van der Waals surface area contributed by atoms with Gasteiger partial charge < -0.3 is 15.4 Å². The SMILES string of the molecule is CCC1(NCC(=O)Nc2ccccc2OC)CCC1. The van der Waals surface area contributed by atoms with Gasteiger partial charge in [0.25, 0.3) is 0 Å². The molecule has 2 N–H and O–H groups in total. The lowest BCUT2D eigenvalue weighted by atomic mass is 9.75. The van der Waals surface area contributed by atoms with Crippen LogP contribution in [0.15, 0.2) is 24.3 Å². The Balaban J connectivity index is 1.87. The van der Waals surface area contributed by atoms with Crippen LogP contribution in [0.4, 0.5) is 5.69 Å². The van der Waals surface area contributed by atoms with Crippen LogP contribution in [-0.4, -0.2) is 25.1 Å². The molecular formula is C15H22N2O2. The van der Waals surface area contributed by atoms with E-state index in [4.69, 9.17) is 4.74 Å². The molecule has 0 unspecified atom stereocenters. The smallest absolute Gasteiger partial charge is 0.238 e. The average Bonchev–Trinajstić information content (AvgIpc) is 2.38. The summed E-state index contributed by atoms with van der Waals surface area (Å²) in [5.41, 5.74) is 0.911. The minimum atomic E-state index is -0.0239. The quantitative estimate of drug-likeness (QED) is 0.828. The number of hydrogen-bond donors (Lipinski definition) is 2. The number of anilines is 1. The highest BCUT2D eigenvalue weighted by Crippen LogP contribution is 2.34. The van der Waals surface area contributed by atoms with Crippen LogP contribution >= 0.6 is 0 Å². The van der Waals surface area contributed by atoms with Crippen LogP contribution in [0.1, 0.15) is 32.6 Å². The van der Waals surface area contributed by atoms with Gasteiger partial charge in [-0.1, -0.05) is 19.1 Å². The number of carbonyl (C=O) groups is 1. The second-order valence-electron chi connectivity index (χ2n) is 5.09. The number of amides is 1. The number of carbonyl (C=O) groups excluding carboxylic acids is 1. The molecule has 2 rings (SSSR count). The maximum Gasteiger partial charge on any atom is 0.238 e. The highest BCUT2D eigenvalue weighted by atomic mass is 16.5. The van der Waals surface area contributed by atoms with E-state index < -0.39 is 0 Å². The van der Waals surface area contributed by atoms with E-state index in [9.17, 15) is 4.79 Å². The minimum absolute atomic E-state index is 0.0239. The Labute approximate surface area is 114 Å². The summed E-state index contributed by atoms with van der Waals surface area (Å²) in [7, 11) is 1.60. The normalized spacial score (nSPS) is 16.5. The van der Waals surface area contributed by atoms with Crippen molar-refractivity contribution in [1.29, 1.82) is 0 Å². The van der Waals surface area contributed by atoms with Crippen LogP contribution in [-0.2, 0) is 4.79 Å². The van der Waals surface area contributed by atoms with Gasteiger partial charge in [0.2, 0.25) is 5.91 Å². The number of hydrogen-bond acceptors (Lipinski definition) is 3. The van der Waals surface area contributed by atoms with E-state index >= 15 is 0 Å². The van der Waals surface area contributed by atoms with E-state index in [0.29, 0.717) is 12.3 Å². The van der Waals surface area contributed by atoms with Crippen LogP contribution < -0.4 is 15.4 Å². The predicted molar refractivity (Wildman–Crippen MR) is 76.5 cm³/mol. The summed E-state index contributed by atoms with van der Waals surface area (Å²) in [6.07, 6.45) is 4.68. The maximum absolute atomic E-state index is 12.0. The lowest BCUT2D eigenvalue weighted by Crippen LogP contribution is -2.52. The standard InChI is InChI=1S/C15H22N2O2/c1-3-15(9-6-10-15)16-11-14(18)17-12-7-4-5-8-13(12)19-2/h4-5,7-8,16H,3,6,9-11H2,1-2H3,(H,17,18). The summed E-state index contributed by atoms with van der Waals surface area (Å²) in [4.78, 5) is 12.0. The molecule has 1 saturated carbocycles. The molecule has 1 aliphatic rings. The van der Waals surface area contributed by atoms with Gasteiger partial charge in [-0.3, -0.25) is 4.79 Å². The molecule has 0 heterocycles. The second kappa shape index (κ2) is 6.06. The number of benzene rings is 1. The summed E-state index contributed by atoms with van der Waals surface area (Å²) in [6.45, 7) is 2.52. The van der Waals surface area contributed by atoms with E-state index in [-0.39, 0.29) is 11.4 Å². The number of para-hydroxylation sites is 2. The Morgan fingerprint density at radius 1 is 1.37 bits per heavy atom. The van der Waals surface area contributed by atoms with E-state index in [1.54, 1.807) is 7.11 Å². The lowest BCUT2D eigenvalue weighted by molar-refractivity contribution is -0.116. The molecule has 1 aromatic rings. The Morgan fingerprint density at radius 2 is 2.11 bits per heavy atom. The molecule has 104 valence electrons. The van der Waals surface area contributed by atoms with Crippen LogP contribution in [0.25, 0.3) is 0 Å². The summed E-state index contributed by atoms with van der Waals surface area (Å²) >= 11 is 0. The van der Waals surface area contributed by atoms with Gasteiger partial charge in [0.15, 0.2) is 0 Å². The van der Waals surface area contributed by atoms with Crippen LogP contribution in [0, 0.1) is 0 Å². The summed E-state index contributed by atoms with van der Waals surface area (Å²) < 4.78 is 5.21. The summed E-state index contributed by atoms with van der Waals surface area (Å²) in [6, 6.07) is 7.44. The molecule has 1 fully saturated rings. The molecule has 0 radical (unpaired) electrons. The topological polar surface area (TPSA) is 50.4 Å². The van der Waals surface area contributed by atoms with Crippen molar-refractivity contribution < 1.29 is 9.53 Å². The zero-order chi connectivity index (χ0) is 13.7. The predicted octanol–water partition coefficient (Wildman–Crippen LogP) is 2.56. The fourth-order valence-corrected chi connectivity index (χ4v) is 2.47. The molecular weight excluding hydrogens is 240 g/mol. The zero-order valence-corrected chi connectivity index (χ0v) is 11.7. The number of ether oxygens (including phenoxy) is 1. The molecule has 0 aliphatic heterocycles. The third-order valence-electron chi connectivity index (χ3n) is 3.99. The van der Waals surface area contributed by atoms with Crippen molar-refractivity contribution in [1.82, 2.24) is 5.32 Å². The average molecular weight is 262 g/mol. The molecule has 4 heteroatoms. The van der Waals surface area contributed by atoms with Crippen LogP contribution in [0.3, 0.4) is 0 Å². The van der Waals surface area contributed by atoms with Crippen molar-refractivity contribution in [3.8, 4) is 5.75 Å². The Kier molecular flexibility index (Phi) is 4.43. The van der Waals surface area contributed by atoms with Crippen molar-refractivity contribution in [2.24, 2.45) is 0 Å². The molecule has 0 bridgehead atoms. The molecule has 1 amide bonds. The third-order valence-corrected chi connectivity index (χ3v) is 3.99. The Hall–Kier alpha value is -1.55. The lowest BCUT2D eigenvalue weighted by Gasteiger charge is -2.42. The van der Waals surface area contributed by atoms with Crippen molar-refractivity contribution in [3.05, 3.63) is 24.3 Å². The van der Waals surface area contributed by atoms with E-state index in [0.717, 1.165) is 12.1 Å². The number of rotatable bonds is 6. The minimum Gasteiger partial charge on any atom is -0.495 e. The summed E-state index contributed by atoms with van der Waals surface area (Å²) in [5, 5.41) is 6.27. The van der Waals surface area contributed by atoms with Gasteiger partial charge in [-0.15, -0.1) is 0 Å². The Morgan fingerprint density at radius 3 is 2.68 bits per heavy atom. The molecule has 4 nitrogen and oxygen atoms in total. The third kappa shape index (κ3) is 3.26. The largest absolute Gasteiger partial charge is 0.495 e. The van der Waals surface area contributed by atoms with Crippen molar-refractivity contribution in [2.75, 3.05) is 19.0 Å². The number of nitrogens with one attached hydrogen (secondary N) is 2. The van der Waals surface area contributed by atoms with Gasteiger partial charge in [-0.05, 0) is 37.8 Å². The highest BCUT2D eigenvalue weighted by molar-refractivity contribution is 5.93. The van der Waals surface area contributed by atoms with E-state index in [2.05, 4.69) is 17.6 Å². The Bertz CT molecular complexity index is 436. The fraction of sp³-hybridized carbons (Fsp3) is 0.533. The van der Waals surface area contributed by atoms with E-state index in [1.165, 1.54) is 19.3 Å². The number of methoxy groups -OCH3 is 1. The van der Waals surface area contributed by atoms with Crippen molar-refractivity contribution in [2.45, 2.75) is 38.1 Å². The highest BCUT2D eigenvalue weighted by Gasteiger charge is 2.34. The van der Waals surface area contributed by atoms with Crippen molar-refractivity contribution >= 4 is 11.6 Å². The molecule has 0 atom stereocenters. The molecule has 0 spiro atoms. The van der Waals surface area contributed by atoms with Crippen LogP contribution in [0.5, 0.6) is 5.75 Å². The maximum atomic E-state index is 12.0. The van der Waals surface area contributed by atoms with Crippen LogP contribution in [0.2, 0.25) is 0 Å². The molecule has 0 aromatic heterocycles. The zero-order valence-electron chi connectivity index (χ0n) is 11.7. The monoisotopic (exact) mass is 262 g/mol. The van der Waals surface area contributed by atoms with Gasteiger partial charge in [0.05, 0.1) is 19.3 Å². The second-order valence-corrected chi connectivity index (χ2v) is 5.09. The van der Waals surface area contributed by atoms with Gasteiger partial charge in [-0.2, -0.15) is 0 Å². The molecule has 1 aromatic carbocycles. The summed E-state index contributed by atoms with van der Waals surface area (Å²) in [5.74, 6) is 0.661. The molecule has 1 aliphatic carbocycles. The molecule has 19 heavy (non-hydrogen) atoms. The van der Waals surface area contributed by atoms with Gasteiger partial charge in [-0.25, -0.2) is 0 Å². The fourth-order valence-electron chi connectivity index (χ4n) is 2.47. The van der Waals surface area contributed by atoms with Gasteiger partial charge in [0.1, 0.15) is 5.75 Å². The van der Waals surface area contributed by atoms with Gasteiger partial charge >= 0.3 is 0 Å². The molecule has 0 saturated heterocycles. The first kappa shape index (κ1) is 13.9. The van der Waals surface area contributed by atoms with E-state index in [1.807, 2.05) is 24.3 Å². The van der Waals surface area contributed by atoms with Crippen molar-refractivity contribution in [3.63, 3.8) is 0 Å². The first-order valence-electron chi connectivity index (χ1n) is 6.87. The first-order valence-corrected chi connectivity index (χ1v) is 6.87. The first-order chi connectivity index (χ1) is 9.19.